The van der Waals surface area contributed by atoms with Gasteiger partial charge >= 0.3 is 0 Å². The third-order valence-corrected chi connectivity index (χ3v) is 1.66. The van der Waals surface area contributed by atoms with Crippen molar-refractivity contribution in [2.24, 2.45) is 0 Å². The monoisotopic (exact) mass is 218 g/mol. The molecule has 1 heterocycles. The van der Waals surface area contributed by atoms with E-state index in [1.165, 1.54) is 0 Å². The fourth-order valence-electron chi connectivity index (χ4n) is 0.936. The van der Waals surface area contributed by atoms with Crippen molar-refractivity contribution >= 4 is 5.82 Å². The Morgan fingerprint density at radius 1 is 1.33 bits per heavy atom. The second kappa shape index (κ2) is 5.45. The molecule has 0 atom stereocenters. The van der Waals surface area contributed by atoms with E-state index in [0.717, 1.165) is 0 Å². The predicted molar refractivity (Wildman–Crippen MR) is 50.6 cm³/mol. The predicted octanol–water partition coefficient (Wildman–Crippen LogP) is 1.36. The summed E-state index contributed by atoms with van der Waals surface area (Å²) in [5, 5.41) is 0. The molecule has 0 saturated carbocycles. The number of hydrogen-bond donors (Lipinski definition) is 1. The highest BCUT2D eigenvalue weighted by molar-refractivity contribution is 5.34. The highest BCUT2D eigenvalue weighted by Crippen LogP contribution is 2.18. The van der Waals surface area contributed by atoms with Gasteiger partial charge in [0.15, 0.2) is 17.5 Å². The number of ether oxygens (including phenoxy) is 2. The summed E-state index contributed by atoms with van der Waals surface area (Å²) in [6, 6.07) is 0.647. The smallest absolute Gasteiger partial charge is 0.252 e. The zero-order valence-corrected chi connectivity index (χ0v) is 8.30. The molecule has 0 amide bonds. The van der Waals surface area contributed by atoms with E-state index in [1.807, 2.05) is 0 Å². The van der Waals surface area contributed by atoms with Gasteiger partial charge in [0.05, 0.1) is 6.61 Å². The molecule has 84 valence electrons. The van der Waals surface area contributed by atoms with Crippen molar-refractivity contribution in [3.63, 3.8) is 0 Å². The van der Waals surface area contributed by atoms with Gasteiger partial charge in [0.2, 0.25) is 0 Å². The van der Waals surface area contributed by atoms with Crippen LogP contribution in [0.5, 0.6) is 5.88 Å². The Morgan fingerprint density at radius 3 is 2.73 bits per heavy atom. The summed E-state index contributed by atoms with van der Waals surface area (Å²) in [5.41, 5.74) is 5.16. The van der Waals surface area contributed by atoms with E-state index in [0.29, 0.717) is 19.1 Å². The zero-order chi connectivity index (χ0) is 11.3. The Morgan fingerprint density at radius 2 is 2.07 bits per heavy atom. The van der Waals surface area contributed by atoms with Gasteiger partial charge in [-0.2, -0.15) is 4.98 Å². The first-order valence-electron chi connectivity index (χ1n) is 4.38. The molecule has 0 fully saturated rings. The van der Waals surface area contributed by atoms with Crippen LogP contribution in [0.25, 0.3) is 0 Å². The number of aromatic nitrogens is 1. The molecule has 0 aliphatic rings. The average molecular weight is 218 g/mol. The van der Waals surface area contributed by atoms with E-state index in [1.54, 1.807) is 7.11 Å². The molecule has 4 nitrogen and oxygen atoms in total. The number of nitrogen functional groups attached to an aromatic ring is 1. The first-order valence-corrected chi connectivity index (χ1v) is 4.38. The fraction of sp³-hybridized carbons (Fsp3) is 0.444. The van der Waals surface area contributed by atoms with Gasteiger partial charge in [0, 0.05) is 26.2 Å². The fourth-order valence-corrected chi connectivity index (χ4v) is 0.936. The first kappa shape index (κ1) is 11.6. The third kappa shape index (κ3) is 3.32. The number of hydrogen-bond acceptors (Lipinski definition) is 4. The Balaban J connectivity index is 2.57. The number of pyridine rings is 1. The Kier molecular flexibility index (Phi) is 4.23. The SMILES string of the molecule is COCCCOc1nc(N)c(F)cc1F. The molecular weight excluding hydrogens is 206 g/mol. The van der Waals surface area contributed by atoms with Gasteiger partial charge in [-0.25, -0.2) is 8.78 Å². The van der Waals surface area contributed by atoms with Crippen molar-refractivity contribution in [1.29, 1.82) is 0 Å². The number of rotatable bonds is 5. The van der Waals surface area contributed by atoms with Crippen LogP contribution in [0, 0.1) is 11.6 Å². The molecule has 0 aliphatic heterocycles. The molecule has 1 aromatic heterocycles. The largest absolute Gasteiger partial charge is 0.475 e. The van der Waals surface area contributed by atoms with Gasteiger partial charge in [-0.15, -0.1) is 0 Å². The van der Waals surface area contributed by atoms with Gasteiger partial charge in [0.1, 0.15) is 0 Å². The number of methoxy groups -OCH3 is 1. The molecule has 2 N–H and O–H groups in total. The van der Waals surface area contributed by atoms with Gasteiger partial charge in [-0.05, 0) is 0 Å². The van der Waals surface area contributed by atoms with Crippen molar-refractivity contribution < 1.29 is 18.3 Å². The summed E-state index contributed by atoms with van der Waals surface area (Å²) >= 11 is 0. The van der Waals surface area contributed by atoms with Crippen LogP contribution in [0.3, 0.4) is 0 Å². The summed E-state index contributed by atoms with van der Waals surface area (Å²) in [6.07, 6.45) is 0.592. The minimum atomic E-state index is -0.892. The molecule has 0 unspecified atom stereocenters. The third-order valence-electron chi connectivity index (χ3n) is 1.66. The minimum absolute atomic E-state index is 0.239. The average Bonchev–Trinajstić information content (AvgIpc) is 2.20. The zero-order valence-electron chi connectivity index (χ0n) is 8.30. The topological polar surface area (TPSA) is 57.4 Å². The van der Waals surface area contributed by atoms with Crippen molar-refractivity contribution in [2.45, 2.75) is 6.42 Å². The van der Waals surface area contributed by atoms with E-state index in [2.05, 4.69) is 4.98 Å². The first-order chi connectivity index (χ1) is 7.15. The summed E-state index contributed by atoms with van der Waals surface area (Å²) in [5.74, 6) is -2.42. The van der Waals surface area contributed by atoms with Crippen molar-refractivity contribution in [3.8, 4) is 5.88 Å². The van der Waals surface area contributed by atoms with E-state index < -0.39 is 11.6 Å². The van der Waals surface area contributed by atoms with Crippen LogP contribution in [-0.2, 0) is 4.74 Å². The molecule has 0 aromatic carbocycles. The molecule has 0 aliphatic carbocycles. The molecule has 6 heteroatoms. The van der Waals surface area contributed by atoms with Gasteiger partial charge in [0.25, 0.3) is 5.88 Å². The Labute approximate surface area is 86.0 Å². The number of nitrogens with two attached hydrogens (primary N) is 1. The van der Waals surface area contributed by atoms with Crippen LogP contribution in [0.4, 0.5) is 14.6 Å². The van der Waals surface area contributed by atoms with Crippen LogP contribution >= 0.6 is 0 Å². The lowest BCUT2D eigenvalue weighted by atomic mass is 10.4. The molecule has 1 rings (SSSR count). The standard InChI is InChI=1S/C9H12F2N2O2/c1-14-3-2-4-15-9-7(11)5-6(10)8(12)13-9/h5H,2-4H2,1H3,(H2,12,13). The van der Waals surface area contributed by atoms with Crippen molar-refractivity contribution in [3.05, 3.63) is 17.7 Å². The van der Waals surface area contributed by atoms with Gasteiger partial charge < -0.3 is 15.2 Å². The summed E-state index contributed by atoms with van der Waals surface area (Å²) in [7, 11) is 1.55. The highest BCUT2D eigenvalue weighted by Gasteiger charge is 2.10. The molecular formula is C9H12F2N2O2. The second-order valence-electron chi connectivity index (χ2n) is 2.84. The number of halogens is 2. The minimum Gasteiger partial charge on any atom is -0.475 e. The molecule has 0 bridgehead atoms. The lowest BCUT2D eigenvalue weighted by Crippen LogP contribution is -2.06. The van der Waals surface area contributed by atoms with E-state index >= 15 is 0 Å². The second-order valence-corrected chi connectivity index (χ2v) is 2.84. The van der Waals surface area contributed by atoms with Crippen molar-refractivity contribution in [2.75, 3.05) is 26.1 Å². The van der Waals surface area contributed by atoms with Crippen LogP contribution in [0.2, 0.25) is 0 Å². The maximum atomic E-state index is 13.0. The van der Waals surface area contributed by atoms with E-state index in [-0.39, 0.29) is 18.3 Å². The number of anilines is 1. The lowest BCUT2D eigenvalue weighted by molar-refractivity contribution is 0.168. The van der Waals surface area contributed by atoms with Crippen molar-refractivity contribution in [1.82, 2.24) is 4.98 Å². The van der Waals surface area contributed by atoms with Gasteiger partial charge in [-0.1, -0.05) is 0 Å². The van der Waals surface area contributed by atoms with Gasteiger partial charge in [-0.3, -0.25) is 0 Å². The molecule has 0 radical (unpaired) electrons. The molecule has 15 heavy (non-hydrogen) atoms. The maximum absolute atomic E-state index is 13.0. The Hall–Kier alpha value is -1.43. The summed E-state index contributed by atoms with van der Waals surface area (Å²) in [6.45, 7) is 0.737. The normalized spacial score (nSPS) is 10.3. The number of nitrogens with zero attached hydrogens (tertiary/aromatic N) is 1. The van der Waals surface area contributed by atoms with Crippen LogP contribution in [-0.4, -0.2) is 25.3 Å². The molecule has 0 spiro atoms. The van der Waals surface area contributed by atoms with Crippen LogP contribution in [0.15, 0.2) is 6.07 Å². The van der Waals surface area contributed by atoms with Crippen LogP contribution in [0.1, 0.15) is 6.42 Å². The van der Waals surface area contributed by atoms with E-state index in [4.69, 9.17) is 15.2 Å². The molecule has 0 saturated heterocycles. The Bertz CT molecular complexity index is 334. The quantitative estimate of drug-likeness (QED) is 0.758. The highest BCUT2D eigenvalue weighted by atomic mass is 19.1. The summed E-state index contributed by atoms with van der Waals surface area (Å²) in [4.78, 5) is 3.43. The molecule has 1 aromatic rings. The summed E-state index contributed by atoms with van der Waals surface area (Å²) < 4.78 is 35.5. The maximum Gasteiger partial charge on any atom is 0.252 e. The van der Waals surface area contributed by atoms with E-state index in [9.17, 15) is 8.78 Å². The van der Waals surface area contributed by atoms with Crippen LogP contribution < -0.4 is 10.5 Å². The lowest BCUT2D eigenvalue weighted by Gasteiger charge is -2.06.